The average molecular weight is 784 g/mol. The number of nitrogens with zero attached hydrogens (tertiary/aromatic N) is 5. The second-order valence-corrected chi connectivity index (χ2v) is 16.9. The highest BCUT2D eigenvalue weighted by atomic mass is 32.2. The molecule has 0 N–H and O–H groups in total. The van der Waals surface area contributed by atoms with E-state index in [1.807, 2.05) is 47.9 Å². The van der Waals surface area contributed by atoms with Gasteiger partial charge in [-0.2, -0.15) is 0 Å². The minimum atomic E-state index is 0.645. The van der Waals surface area contributed by atoms with Crippen molar-refractivity contribution in [3.63, 3.8) is 0 Å². The molecular weight excluding hydrogens is 755 g/mol. The van der Waals surface area contributed by atoms with E-state index in [0.717, 1.165) is 58.1 Å². The highest BCUT2D eigenvalue weighted by Gasteiger charge is 2.19. The van der Waals surface area contributed by atoms with E-state index in [2.05, 4.69) is 140 Å². The quantitative estimate of drug-likeness (QED) is 0.160. The van der Waals surface area contributed by atoms with E-state index in [1.165, 1.54) is 25.6 Å². The van der Waals surface area contributed by atoms with Crippen molar-refractivity contribution in [1.29, 1.82) is 0 Å². The Kier molecular flexibility index (Phi) is 8.39. The normalized spacial score (nSPS) is 11.6. The number of hydrogen-bond donors (Lipinski definition) is 0. The van der Waals surface area contributed by atoms with Gasteiger partial charge >= 0.3 is 0 Å². The van der Waals surface area contributed by atoms with Crippen molar-refractivity contribution < 1.29 is 0 Å². The third kappa shape index (κ3) is 6.24. The highest BCUT2D eigenvalue weighted by Crippen LogP contribution is 2.42. The molecular formula is C49H29N5S3. The van der Waals surface area contributed by atoms with Gasteiger partial charge in [-0.25, -0.2) is 24.9 Å². The number of hydrogen-bond acceptors (Lipinski definition) is 8. The third-order valence-electron chi connectivity index (χ3n) is 10.1. The summed E-state index contributed by atoms with van der Waals surface area (Å²) >= 11 is 5.23. The predicted molar refractivity (Wildman–Crippen MR) is 239 cm³/mol. The Morgan fingerprint density at radius 3 is 1.84 bits per heavy atom. The molecule has 0 saturated heterocycles. The Hall–Kier alpha value is -6.58. The van der Waals surface area contributed by atoms with E-state index in [4.69, 9.17) is 24.9 Å². The van der Waals surface area contributed by atoms with Crippen LogP contribution in [-0.2, 0) is 0 Å². The van der Waals surface area contributed by atoms with Crippen molar-refractivity contribution in [2.75, 3.05) is 0 Å². The summed E-state index contributed by atoms with van der Waals surface area (Å²) in [7, 11) is 0. The van der Waals surface area contributed by atoms with Gasteiger partial charge in [-0.15, -0.1) is 22.7 Å². The minimum absolute atomic E-state index is 0.645. The average Bonchev–Trinajstić information content (AvgIpc) is 3.85. The van der Waals surface area contributed by atoms with Gasteiger partial charge < -0.3 is 0 Å². The molecule has 0 amide bonds. The number of benzene rings is 7. The zero-order valence-corrected chi connectivity index (χ0v) is 32.7. The molecule has 4 heterocycles. The molecule has 4 aromatic heterocycles. The molecule has 0 unspecified atom stereocenters. The molecule has 0 aliphatic heterocycles. The number of aromatic nitrogens is 5. The number of thiophene rings is 2. The Morgan fingerprint density at radius 1 is 0.386 bits per heavy atom. The van der Waals surface area contributed by atoms with Crippen molar-refractivity contribution in [2.45, 2.75) is 9.79 Å². The van der Waals surface area contributed by atoms with E-state index in [9.17, 15) is 0 Å². The zero-order chi connectivity index (χ0) is 37.7. The van der Waals surface area contributed by atoms with E-state index >= 15 is 0 Å². The summed E-state index contributed by atoms with van der Waals surface area (Å²) in [6, 6.07) is 59.0. The topological polar surface area (TPSA) is 64.5 Å². The maximum Gasteiger partial charge on any atom is 0.165 e. The molecule has 7 aromatic carbocycles. The largest absolute Gasteiger partial charge is 0.235 e. The van der Waals surface area contributed by atoms with Crippen molar-refractivity contribution in [3.05, 3.63) is 176 Å². The summed E-state index contributed by atoms with van der Waals surface area (Å²) in [5, 5.41) is 4.79. The first-order valence-electron chi connectivity index (χ1n) is 18.6. The Morgan fingerprint density at radius 2 is 1.02 bits per heavy atom. The summed E-state index contributed by atoms with van der Waals surface area (Å²) in [4.78, 5) is 27.7. The maximum atomic E-state index is 5.20. The van der Waals surface area contributed by atoms with Gasteiger partial charge in [0.1, 0.15) is 0 Å². The second-order valence-electron chi connectivity index (χ2n) is 13.7. The fourth-order valence-corrected chi connectivity index (χ4v) is 10.6. The van der Waals surface area contributed by atoms with Gasteiger partial charge in [0, 0.05) is 79.3 Å². The Labute approximate surface area is 340 Å². The molecule has 0 aliphatic rings. The van der Waals surface area contributed by atoms with E-state index in [0.29, 0.717) is 23.3 Å². The van der Waals surface area contributed by atoms with Gasteiger partial charge in [0.15, 0.2) is 23.3 Å². The molecule has 11 aromatic rings. The molecule has 0 fully saturated rings. The zero-order valence-electron chi connectivity index (χ0n) is 30.2. The van der Waals surface area contributed by atoms with Crippen LogP contribution in [0.5, 0.6) is 0 Å². The predicted octanol–water partition coefficient (Wildman–Crippen LogP) is 13.9. The first kappa shape index (κ1) is 33.7. The van der Waals surface area contributed by atoms with Gasteiger partial charge in [-0.3, -0.25) is 0 Å². The molecule has 268 valence electrons. The summed E-state index contributed by atoms with van der Waals surface area (Å²) in [5.74, 6) is 2.63. The summed E-state index contributed by atoms with van der Waals surface area (Å²) in [6.07, 6.45) is 1.96. The molecule has 0 radical (unpaired) electrons. The summed E-state index contributed by atoms with van der Waals surface area (Å²) < 4.78 is 4.79. The SMILES string of the molecule is c1ccc(Sc2cnc(-c3ccc4c(c3)sc3c(-c5nc(-c6ccccc6)nc(-c6ccc7sc8ccccc8c7c6)n5)cccc34)nc2-c2ccccc2)cc1. The van der Waals surface area contributed by atoms with Gasteiger partial charge in [0.2, 0.25) is 0 Å². The third-order valence-corrected chi connectivity index (χ3v) is 13.5. The van der Waals surface area contributed by atoms with Crippen molar-refractivity contribution in [2.24, 2.45) is 0 Å². The molecule has 5 nitrogen and oxygen atoms in total. The highest BCUT2D eigenvalue weighted by molar-refractivity contribution is 7.99. The van der Waals surface area contributed by atoms with Crippen LogP contribution in [0, 0.1) is 0 Å². The second kappa shape index (κ2) is 14.2. The van der Waals surface area contributed by atoms with Gasteiger partial charge in [0.05, 0.1) is 10.6 Å². The molecule has 0 aliphatic carbocycles. The van der Waals surface area contributed by atoms with E-state index in [-0.39, 0.29) is 0 Å². The monoisotopic (exact) mass is 783 g/mol. The molecule has 8 heteroatoms. The first-order chi connectivity index (χ1) is 28.2. The molecule has 0 bridgehead atoms. The van der Waals surface area contributed by atoms with Crippen molar-refractivity contribution in [1.82, 2.24) is 24.9 Å². The molecule has 0 spiro atoms. The van der Waals surface area contributed by atoms with Crippen LogP contribution in [0.4, 0.5) is 0 Å². The molecule has 11 rings (SSSR count). The van der Waals surface area contributed by atoms with Crippen LogP contribution in [0.2, 0.25) is 0 Å². The minimum Gasteiger partial charge on any atom is -0.235 e. The van der Waals surface area contributed by atoms with Crippen LogP contribution in [0.3, 0.4) is 0 Å². The molecule has 0 saturated carbocycles. The van der Waals surface area contributed by atoms with Crippen LogP contribution in [0.1, 0.15) is 0 Å². The van der Waals surface area contributed by atoms with Crippen molar-refractivity contribution in [3.8, 4) is 56.8 Å². The van der Waals surface area contributed by atoms with E-state index < -0.39 is 0 Å². The lowest BCUT2D eigenvalue weighted by molar-refractivity contribution is 1.08. The summed E-state index contributed by atoms with van der Waals surface area (Å²) in [5.41, 5.74) is 5.82. The van der Waals surface area contributed by atoms with E-state index in [1.54, 1.807) is 23.1 Å². The number of fused-ring (bicyclic) bond motifs is 6. The van der Waals surface area contributed by atoms with Gasteiger partial charge in [-0.05, 0) is 48.5 Å². The van der Waals surface area contributed by atoms with Crippen molar-refractivity contribution >= 4 is 74.8 Å². The molecule has 0 atom stereocenters. The fraction of sp³-hybridized carbons (Fsp3) is 0. The maximum absolute atomic E-state index is 5.20. The Balaban J connectivity index is 1.03. The smallest absolute Gasteiger partial charge is 0.165 e. The van der Waals surface area contributed by atoms with Crippen LogP contribution in [-0.4, -0.2) is 24.9 Å². The lowest BCUT2D eigenvalue weighted by Gasteiger charge is -2.11. The first-order valence-corrected chi connectivity index (χ1v) is 21.0. The van der Waals surface area contributed by atoms with Crippen LogP contribution < -0.4 is 0 Å². The number of rotatable bonds is 7. The fourth-order valence-electron chi connectivity index (χ4n) is 7.32. The van der Waals surface area contributed by atoms with Gasteiger partial charge in [0.25, 0.3) is 0 Å². The molecule has 57 heavy (non-hydrogen) atoms. The lowest BCUT2D eigenvalue weighted by atomic mass is 10.1. The van der Waals surface area contributed by atoms with Crippen LogP contribution >= 0.6 is 34.4 Å². The van der Waals surface area contributed by atoms with Crippen LogP contribution in [0.15, 0.2) is 186 Å². The van der Waals surface area contributed by atoms with Crippen LogP contribution in [0.25, 0.3) is 97.2 Å². The Bertz CT molecular complexity index is 3270. The van der Waals surface area contributed by atoms with Gasteiger partial charge in [-0.1, -0.05) is 133 Å². The summed E-state index contributed by atoms with van der Waals surface area (Å²) in [6.45, 7) is 0. The standard InChI is InChI=1S/C49H29N5S3/c1-4-13-30(14-5-1)44-43(55-34-17-8-3-9-18-34)29-50-46(51-44)33-23-25-36-37-20-12-21-38(45(37)57-42(36)28-33)49-53-47(31-15-6-2-7-16-31)52-48(54-49)32-24-26-41-39(27-32)35-19-10-11-22-40(35)56-41/h1-29H. The lowest BCUT2D eigenvalue weighted by Crippen LogP contribution is -2.00.